The number of aromatic nitrogens is 5. The Kier molecular flexibility index (Phi) is 4.99. The number of aryl methyl sites for hydroxylation is 1. The van der Waals surface area contributed by atoms with Crippen LogP contribution in [0.1, 0.15) is 21.6 Å². The van der Waals surface area contributed by atoms with Crippen LogP contribution in [0.4, 0.5) is 10.2 Å². The number of rotatable bonds is 5. The fourth-order valence-electron chi connectivity index (χ4n) is 2.68. The van der Waals surface area contributed by atoms with Crippen LogP contribution >= 0.6 is 0 Å². The van der Waals surface area contributed by atoms with Crippen LogP contribution < -0.4 is 11.2 Å². The minimum atomic E-state index is -0.653. The Morgan fingerprint density at radius 3 is 2.67 bits per heavy atom. The number of benzene rings is 2. The van der Waals surface area contributed by atoms with Crippen LogP contribution in [0.5, 0.6) is 0 Å². The maximum absolute atomic E-state index is 13.7. The van der Waals surface area contributed by atoms with Crippen molar-refractivity contribution in [1.82, 2.24) is 30.7 Å². The first-order valence-electron chi connectivity index (χ1n) is 8.73. The van der Waals surface area contributed by atoms with Gasteiger partial charge in [0.15, 0.2) is 5.69 Å². The molecule has 4 rings (SSSR count). The summed E-state index contributed by atoms with van der Waals surface area (Å²) in [6, 6.07) is 13.4. The largest absolute Gasteiger partial charge is 0.378 e. The number of hydrogen-bond donors (Lipinski definition) is 2. The first kappa shape index (κ1) is 18.9. The third kappa shape index (κ3) is 3.63. The van der Waals surface area contributed by atoms with Crippen molar-refractivity contribution in [1.29, 1.82) is 0 Å². The molecule has 0 aliphatic rings. The summed E-state index contributed by atoms with van der Waals surface area (Å²) in [5.41, 5.74) is 10.3. The number of carbonyl (C=O) groups excluding carboxylic acids is 1. The molecule has 0 radical (unpaired) electrons. The number of anilines is 1. The van der Waals surface area contributed by atoms with E-state index < -0.39 is 11.7 Å². The van der Waals surface area contributed by atoms with Crippen LogP contribution in [0, 0.1) is 12.7 Å². The van der Waals surface area contributed by atoms with Crippen LogP contribution in [0.25, 0.3) is 17.1 Å². The van der Waals surface area contributed by atoms with E-state index in [1.165, 1.54) is 23.0 Å². The van der Waals surface area contributed by atoms with Crippen molar-refractivity contribution < 1.29 is 13.8 Å². The molecule has 0 aliphatic heterocycles. The van der Waals surface area contributed by atoms with Crippen molar-refractivity contribution in [3.05, 3.63) is 71.2 Å². The highest BCUT2D eigenvalue weighted by molar-refractivity contribution is 5.98. The molecule has 2 aromatic heterocycles. The summed E-state index contributed by atoms with van der Waals surface area (Å²) in [7, 11) is 0. The van der Waals surface area contributed by atoms with Gasteiger partial charge < -0.3 is 5.73 Å². The third-order valence-electron chi connectivity index (χ3n) is 4.18. The van der Waals surface area contributed by atoms with Crippen molar-refractivity contribution in [2.75, 3.05) is 5.73 Å². The Morgan fingerprint density at radius 1 is 1.20 bits per heavy atom. The number of hydrazone groups is 1. The van der Waals surface area contributed by atoms with Crippen molar-refractivity contribution in [3.63, 3.8) is 0 Å². The lowest BCUT2D eigenvalue weighted by atomic mass is 10.1. The van der Waals surface area contributed by atoms with Gasteiger partial charge in [0.05, 0.1) is 6.21 Å². The summed E-state index contributed by atoms with van der Waals surface area (Å²) < 4.78 is 19.6. The van der Waals surface area contributed by atoms with E-state index in [0.717, 1.165) is 5.56 Å². The fraction of sp³-hybridized carbons (Fsp3) is 0.0526. The average Bonchev–Trinajstić information content (AvgIpc) is 3.36. The van der Waals surface area contributed by atoms with E-state index in [1.54, 1.807) is 24.3 Å². The normalized spacial score (nSPS) is 11.1. The van der Waals surface area contributed by atoms with Gasteiger partial charge in [-0.3, -0.25) is 4.79 Å². The highest BCUT2D eigenvalue weighted by Gasteiger charge is 2.25. The predicted octanol–water partition coefficient (Wildman–Crippen LogP) is 2.11. The first-order valence-corrected chi connectivity index (χ1v) is 8.73. The maximum Gasteiger partial charge on any atom is 0.294 e. The maximum atomic E-state index is 13.7. The van der Waals surface area contributed by atoms with E-state index in [2.05, 4.69) is 35.8 Å². The standard InChI is InChI=1S/C19H15FN8O2/c1-11-6-8-12(9-7-11)16-15(23-27-28(16)18-17(21)25-30-26-18)19(29)24-22-10-13-4-2-3-5-14(13)20/h2-10H,1H3,(H2,21,25)(H,24,29). The SMILES string of the molecule is Cc1ccc(-c2c(C(=O)NN=Cc3ccccc3F)nnn2-c2nonc2N)cc1. The van der Waals surface area contributed by atoms with Gasteiger partial charge in [0.2, 0.25) is 11.6 Å². The molecule has 0 spiro atoms. The molecular weight excluding hydrogens is 391 g/mol. The second kappa shape index (κ2) is 7.91. The molecule has 150 valence electrons. The highest BCUT2D eigenvalue weighted by atomic mass is 19.1. The Bertz CT molecular complexity index is 1230. The van der Waals surface area contributed by atoms with Gasteiger partial charge in [-0.2, -0.15) is 9.78 Å². The van der Waals surface area contributed by atoms with Crippen LogP contribution in [0.15, 0.2) is 58.3 Å². The molecule has 0 saturated carbocycles. The molecule has 10 nitrogen and oxygen atoms in total. The van der Waals surface area contributed by atoms with Gasteiger partial charge in [0.1, 0.15) is 11.5 Å². The van der Waals surface area contributed by atoms with Crippen molar-refractivity contribution >= 4 is 17.9 Å². The smallest absolute Gasteiger partial charge is 0.294 e. The zero-order valence-electron chi connectivity index (χ0n) is 15.7. The molecular formula is C19H15FN8O2. The monoisotopic (exact) mass is 406 g/mol. The Hall–Kier alpha value is -4.41. The van der Waals surface area contributed by atoms with E-state index in [-0.39, 0.29) is 22.9 Å². The van der Waals surface area contributed by atoms with Crippen molar-refractivity contribution in [2.45, 2.75) is 6.92 Å². The third-order valence-corrected chi connectivity index (χ3v) is 4.18. The topological polar surface area (TPSA) is 137 Å². The number of hydrogen-bond acceptors (Lipinski definition) is 8. The van der Waals surface area contributed by atoms with Gasteiger partial charge in [-0.05, 0) is 23.3 Å². The zero-order chi connectivity index (χ0) is 21.1. The van der Waals surface area contributed by atoms with Crippen LogP contribution in [-0.2, 0) is 0 Å². The predicted molar refractivity (Wildman–Crippen MR) is 105 cm³/mol. The summed E-state index contributed by atoms with van der Waals surface area (Å²) in [6.45, 7) is 1.93. The van der Waals surface area contributed by atoms with Gasteiger partial charge in [-0.1, -0.05) is 53.2 Å². The molecule has 0 unspecified atom stereocenters. The molecule has 2 heterocycles. The van der Waals surface area contributed by atoms with Gasteiger partial charge in [-0.15, -0.1) is 5.10 Å². The lowest BCUT2D eigenvalue weighted by Crippen LogP contribution is -2.19. The molecule has 2 aromatic carbocycles. The van der Waals surface area contributed by atoms with Gasteiger partial charge in [0, 0.05) is 11.1 Å². The lowest BCUT2D eigenvalue weighted by Gasteiger charge is -2.06. The Labute approximate surface area is 169 Å². The molecule has 30 heavy (non-hydrogen) atoms. The minimum absolute atomic E-state index is 0.0159. The molecule has 0 fully saturated rings. The molecule has 4 aromatic rings. The number of halogens is 1. The number of amides is 1. The van der Waals surface area contributed by atoms with Crippen LogP contribution in [0.2, 0.25) is 0 Å². The van der Waals surface area contributed by atoms with Gasteiger partial charge in [0.25, 0.3) is 5.91 Å². The van der Waals surface area contributed by atoms with E-state index in [4.69, 9.17) is 5.73 Å². The van der Waals surface area contributed by atoms with Crippen LogP contribution in [-0.4, -0.2) is 37.4 Å². The van der Waals surface area contributed by atoms with E-state index in [0.29, 0.717) is 11.3 Å². The number of nitrogens with zero attached hydrogens (tertiary/aromatic N) is 6. The minimum Gasteiger partial charge on any atom is -0.378 e. The molecule has 0 saturated heterocycles. The molecule has 1 amide bonds. The molecule has 0 aliphatic carbocycles. The summed E-state index contributed by atoms with van der Waals surface area (Å²) in [5.74, 6) is -1.04. The molecule has 0 bridgehead atoms. The second-order valence-electron chi connectivity index (χ2n) is 6.26. The number of nitrogens with one attached hydrogen (secondary N) is 1. The molecule has 3 N–H and O–H groups in total. The zero-order valence-corrected chi connectivity index (χ0v) is 15.7. The number of nitrogens with two attached hydrogens (primary N) is 1. The highest BCUT2D eigenvalue weighted by Crippen LogP contribution is 2.26. The van der Waals surface area contributed by atoms with Gasteiger partial charge >= 0.3 is 0 Å². The quantitative estimate of drug-likeness (QED) is 0.382. The van der Waals surface area contributed by atoms with E-state index in [1.807, 2.05) is 19.1 Å². The summed E-state index contributed by atoms with van der Waals surface area (Å²) in [5, 5.41) is 19.0. The summed E-state index contributed by atoms with van der Waals surface area (Å²) >= 11 is 0. The lowest BCUT2D eigenvalue weighted by molar-refractivity contribution is 0.0950. The summed E-state index contributed by atoms with van der Waals surface area (Å²) in [4.78, 5) is 12.7. The van der Waals surface area contributed by atoms with Crippen molar-refractivity contribution in [3.8, 4) is 17.1 Å². The first-order chi connectivity index (χ1) is 14.5. The molecule has 0 atom stereocenters. The van der Waals surface area contributed by atoms with E-state index >= 15 is 0 Å². The molecule has 11 heteroatoms. The number of nitrogen functional groups attached to an aromatic ring is 1. The van der Waals surface area contributed by atoms with E-state index in [9.17, 15) is 9.18 Å². The Balaban J connectivity index is 1.70. The average molecular weight is 406 g/mol. The summed E-state index contributed by atoms with van der Waals surface area (Å²) in [6.07, 6.45) is 1.20. The van der Waals surface area contributed by atoms with Crippen LogP contribution in [0.3, 0.4) is 0 Å². The Morgan fingerprint density at radius 2 is 1.97 bits per heavy atom. The van der Waals surface area contributed by atoms with Gasteiger partial charge in [-0.25, -0.2) is 14.4 Å². The fourth-order valence-corrected chi connectivity index (χ4v) is 2.68. The number of carbonyl (C=O) groups is 1. The van der Waals surface area contributed by atoms with Crippen molar-refractivity contribution in [2.24, 2.45) is 5.10 Å². The second-order valence-corrected chi connectivity index (χ2v) is 6.26.